The number of methoxy groups -OCH3 is 1. The SMILES string of the molecule is COC(=O)N[C@H](C(=O)N1CCC[C@H]1C(=O)Nc1ccc(CC(=O)c2ccc(N)cc2)cc1)C(C)C. The molecule has 0 unspecified atom stereocenters. The highest BCUT2D eigenvalue weighted by atomic mass is 16.5. The first kappa shape index (κ1) is 25.7. The number of alkyl carbamates (subject to hydrolysis) is 1. The summed E-state index contributed by atoms with van der Waals surface area (Å²) in [4.78, 5) is 51.8. The molecule has 1 aliphatic heterocycles. The van der Waals surface area contributed by atoms with Crippen LogP contribution >= 0.6 is 0 Å². The van der Waals surface area contributed by atoms with E-state index in [0.717, 1.165) is 5.56 Å². The van der Waals surface area contributed by atoms with Crippen LogP contribution in [0.3, 0.4) is 0 Å². The number of nitrogen functional groups attached to an aromatic ring is 1. The highest BCUT2D eigenvalue weighted by molar-refractivity contribution is 5.99. The average Bonchev–Trinajstić information content (AvgIpc) is 3.33. The number of rotatable bonds is 8. The van der Waals surface area contributed by atoms with Crippen molar-refractivity contribution in [1.29, 1.82) is 0 Å². The van der Waals surface area contributed by atoms with E-state index in [4.69, 9.17) is 5.73 Å². The largest absolute Gasteiger partial charge is 0.453 e. The first-order chi connectivity index (χ1) is 16.7. The third kappa shape index (κ3) is 6.59. The number of hydrogen-bond donors (Lipinski definition) is 3. The van der Waals surface area contributed by atoms with Crippen LogP contribution in [0.2, 0.25) is 0 Å². The van der Waals surface area contributed by atoms with E-state index in [-0.39, 0.29) is 29.9 Å². The Morgan fingerprint density at radius 2 is 1.71 bits per heavy atom. The number of nitrogens with one attached hydrogen (secondary N) is 2. The van der Waals surface area contributed by atoms with Crippen LogP contribution in [0.1, 0.15) is 42.6 Å². The lowest BCUT2D eigenvalue weighted by atomic mass is 10.0. The molecule has 186 valence electrons. The number of Topliss-reactive ketones (excluding diaryl/α,β-unsaturated/α-hetero) is 1. The van der Waals surface area contributed by atoms with Crippen molar-refractivity contribution in [2.45, 2.75) is 45.2 Å². The smallest absolute Gasteiger partial charge is 0.407 e. The summed E-state index contributed by atoms with van der Waals surface area (Å²) in [6.07, 6.45) is 0.771. The molecule has 2 atom stereocenters. The van der Waals surface area contributed by atoms with Gasteiger partial charge in [0, 0.05) is 29.9 Å². The quantitative estimate of drug-likeness (QED) is 0.393. The van der Waals surface area contributed by atoms with Gasteiger partial charge in [0.25, 0.3) is 0 Å². The van der Waals surface area contributed by atoms with Gasteiger partial charge in [0.1, 0.15) is 12.1 Å². The number of ether oxygens (including phenoxy) is 1. The molecule has 0 saturated carbocycles. The number of amides is 3. The zero-order valence-corrected chi connectivity index (χ0v) is 20.2. The van der Waals surface area contributed by atoms with Gasteiger partial charge in [0.15, 0.2) is 5.78 Å². The van der Waals surface area contributed by atoms with E-state index < -0.39 is 18.2 Å². The van der Waals surface area contributed by atoms with E-state index in [2.05, 4.69) is 15.4 Å². The van der Waals surface area contributed by atoms with Crippen molar-refractivity contribution in [2.24, 2.45) is 5.92 Å². The fraction of sp³-hybridized carbons (Fsp3) is 0.385. The van der Waals surface area contributed by atoms with E-state index in [1.165, 1.54) is 12.0 Å². The zero-order valence-electron chi connectivity index (χ0n) is 20.2. The summed E-state index contributed by atoms with van der Waals surface area (Å²) in [5.74, 6) is -0.793. The Labute approximate surface area is 205 Å². The second-order valence-electron chi connectivity index (χ2n) is 8.96. The highest BCUT2D eigenvalue weighted by Crippen LogP contribution is 2.22. The fourth-order valence-corrected chi connectivity index (χ4v) is 4.07. The second kappa shape index (κ2) is 11.5. The Kier molecular flexibility index (Phi) is 8.46. The molecule has 9 nitrogen and oxygen atoms in total. The van der Waals surface area contributed by atoms with Gasteiger partial charge in [-0.25, -0.2) is 4.79 Å². The van der Waals surface area contributed by atoms with Crippen LogP contribution in [0, 0.1) is 5.92 Å². The molecule has 35 heavy (non-hydrogen) atoms. The normalized spacial score (nSPS) is 16.0. The summed E-state index contributed by atoms with van der Waals surface area (Å²) in [7, 11) is 1.24. The monoisotopic (exact) mass is 480 g/mol. The van der Waals surface area contributed by atoms with E-state index in [0.29, 0.717) is 36.3 Å². The maximum atomic E-state index is 13.1. The topological polar surface area (TPSA) is 131 Å². The Hall–Kier alpha value is -3.88. The van der Waals surface area contributed by atoms with Crippen molar-refractivity contribution >= 4 is 35.1 Å². The van der Waals surface area contributed by atoms with Gasteiger partial charge in [-0.15, -0.1) is 0 Å². The predicted octanol–water partition coefficient (Wildman–Crippen LogP) is 3.00. The van der Waals surface area contributed by atoms with Gasteiger partial charge >= 0.3 is 6.09 Å². The Morgan fingerprint density at radius 1 is 1.06 bits per heavy atom. The second-order valence-corrected chi connectivity index (χ2v) is 8.96. The molecule has 2 aromatic rings. The van der Waals surface area contributed by atoms with Crippen LogP contribution in [0.15, 0.2) is 48.5 Å². The van der Waals surface area contributed by atoms with Crippen LogP contribution in [0.25, 0.3) is 0 Å². The summed E-state index contributed by atoms with van der Waals surface area (Å²) in [6.45, 7) is 4.08. The van der Waals surface area contributed by atoms with Gasteiger partial charge < -0.3 is 26.0 Å². The maximum absolute atomic E-state index is 13.1. The molecule has 1 heterocycles. The summed E-state index contributed by atoms with van der Waals surface area (Å²) in [5, 5.41) is 5.43. The molecule has 0 aromatic heterocycles. The van der Waals surface area contributed by atoms with Crippen LogP contribution in [0.5, 0.6) is 0 Å². The molecule has 0 aliphatic carbocycles. The number of nitrogens with zero attached hydrogens (tertiary/aromatic N) is 1. The van der Waals surface area contributed by atoms with Crippen molar-refractivity contribution in [2.75, 3.05) is 24.7 Å². The van der Waals surface area contributed by atoms with Crippen molar-refractivity contribution in [3.63, 3.8) is 0 Å². The van der Waals surface area contributed by atoms with Gasteiger partial charge in [-0.2, -0.15) is 0 Å². The Balaban J connectivity index is 1.62. The van der Waals surface area contributed by atoms with E-state index in [1.807, 2.05) is 13.8 Å². The van der Waals surface area contributed by atoms with E-state index in [1.54, 1.807) is 48.5 Å². The van der Waals surface area contributed by atoms with Gasteiger partial charge in [-0.1, -0.05) is 26.0 Å². The van der Waals surface area contributed by atoms with Crippen molar-refractivity contribution in [3.8, 4) is 0 Å². The first-order valence-electron chi connectivity index (χ1n) is 11.6. The van der Waals surface area contributed by atoms with Crippen molar-refractivity contribution < 1.29 is 23.9 Å². The third-order valence-corrected chi connectivity index (χ3v) is 6.05. The molecule has 4 N–H and O–H groups in total. The molecule has 0 bridgehead atoms. The number of nitrogens with two attached hydrogens (primary N) is 1. The molecule has 3 rings (SSSR count). The molecule has 1 saturated heterocycles. The number of hydrogen-bond acceptors (Lipinski definition) is 6. The standard InChI is InChI=1S/C26H32N4O5/c1-16(2)23(29-26(34)35-3)25(33)30-14-4-5-21(30)24(32)28-20-12-6-17(7-13-20)15-22(31)18-8-10-19(27)11-9-18/h6-13,16,21,23H,4-5,14-15,27H2,1-3H3,(H,28,32)(H,29,34)/t21-,23-/m0/s1. The lowest BCUT2D eigenvalue weighted by molar-refractivity contribution is -0.139. The number of benzene rings is 2. The molecule has 9 heteroatoms. The van der Waals surface area contributed by atoms with Crippen LogP contribution in [-0.4, -0.2) is 54.3 Å². The van der Waals surface area contributed by atoms with Gasteiger partial charge in [0.05, 0.1) is 7.11 Å². The Bertz CT molecular complexity index is 1070. The van der Waals surface area contributed by atoms with Gasteiger partial charge in [-0.3, -0.25) is 14.4 Å². The van der Waals surface area contributed by atoms with Crippen molar-refractivity contribution in [3.05, 3.63) is 59.7 Å². The highest BCUT2D eigenvalue weighted by Gasteiger charge is 2.38. The summed E-state index contributed by atoms with van der Waals surface area (Å²) in [5.41, 5.74) is 8.25. The minimum absolute atomic E-state index is 0.0258. The van der Waals surface area contributed by atoms with E-state index in [9.17, 15) is 19.2 Å². The van der Waals surface area contributed by atoms with Gasteiger partial charge in [-0.05, 0) is 60.7 Å². The fourth-order valence-electron chi connectivity index (χ4n) is 4.07. The minimum Gasteiger partial charge on any atom is -0.453 e. The minimum atomic E-state index is -0.784. The molecule has 3 amide bonds. The van der Waals surface area contributed by atoms with Crippen molar-refractivity contribution in [1.82, 2.24) is 10.2 Å². The summed E-state index contributed by atoms with van der Waals surface area (Å²) >= 11 is 0. The van der Waals surface area contributed by atoms with E-state index >= 15 is 0 Å². The number of likely N-dealkylation sites (tertiary alicyclic amines) is 1. The average molecular weight is 481 g/mol. The number of ketones is 1. The van der Waals surface area contributed by atoms with Crippen LogP contribution in [-0.2, 0) is 20.7 Å². The maximum Gasteiger partial charge on any atom is 0.407 e. The number of carbonyl (C=O) groups excluding carboxylic acids is 4. The van der Waals surface area contributed by atoms with Crippen LogP contribution in [0.4, 0.5) is 16.2 Å². The molecular formula is C26H32N4O5. The van der Waals surface area contributed by atoms with Crippen LogP contribution < -0.4 is 16.4 Å². The molecule has 1 fully saturated rings. The lowest BCUT2D eigenvalue weighted by Gasteiger charge is -2.30. The number of anilines is 2. The summed E-state index contributed by atoms with van der Waals surface area (Å²) in [6, 6.07) is 12.4. The summed E-state index contributed by atoms with van der Waals surface area (Å²) < 4.78 is 4.63. The molecule has 1 aliphatic rings. The zero-order chi connectivity index (χ0) is 25.5. The number of carbonyl (C=O) groups is 4. The first-order valence-corrected chi connectivity index (χ1v) is 11.6. The lowest BCUT2D eigenvalue weighted by Crippen LogP contribution is -2.54. The van der Waals surface area contributed by atoms with Gasteiger partial charge in [0.2, 0.25) is 11.8 Å². The molecule has 0 radical (unpaired) electrons. The third-order valence-electron chi connectivity index (χ3n) is 6.05. The molecule has 2 aromatic carbocycles. The predicted molar refractivity (Wildman–Crippen MR) is 133 cm³/mol. The molecule has 0 spiro atoms. The molecular weight excluding hydrogens is 448 g/mol. The Morgan fingerprint density at radius 3 is 2.31 bits per heavy atom.